The van der Waals surface area contributed by atoms with Gasteiger partial charge in [0.2, 0.25) is 5.91 Å². The van der Waals surface area contributed by atoms with Gasteiger partial charge in [0.15, 0.2) is 0 Å². The summed E-state index contributed by atoms with van der Waals surface area (Å²) in [6.45, 7) is 14.6. The topological polar surface area (TPSA) is 90.4 Å². The number of allylic oxidation sites excluding steroid dienone is 1. The highest BCUT2D eigenvalue weighted by Crippen LogP contribution is 2.68. The molecule has 0 radical (unpaired) electrons. The van der Waals surface area contributed by atoms with Crippen LogP contribution in [-0.4, -0.2) is 88.0 Å². The first-order valence-corrected chi connectivity index (χ1v) is 17.4. The predicted molar refractivity (Wildman–Crippen MR) is 178 cm³/mol. The number of nitrogens with zero attached hydrogens (tertiary/aromatic N) is 3. The van der Waals surface area contributed by atoms with Crippen molar-refractivity contribution in [3.8, 4) is 0 Å². The van der Waals surface area contributed by atoms with Crippen LogP contribution in [0.25, 0.3) is 0 Å². The van der Waals surface area contributed by atoms with E-state index in [9.17, 15) is 19.5 Å². The van der Waals surface area contributed by atoms with Gasteiger partial charge in [0.25, 0.3) is 5.91 Å². The number of likely N-dealkylation sites (tertiary alicyclic amines) is 1. The van der Waals surface area contributed by atoms with E-state index in [-0.39, 0.29) is 34.5 Å². The molecule has 1 aromatic rings. The second-order valence-electron chi connectivity index (χ2n) is 11.5. The molecule has 3 fully saturated rings. The highest BCUT2D eigenvalue weighted by molar-refractivity contribution is 9.09. The van der Waals surface area contributed by atoms with Crippen LogP contribution in [0, 0.1) is 11.8 Å². The number of ether oxygens (including phenoxy) is 1. The van der Waals surface area contributed by atoms with Gasteiger partial charge < -0.3 is 24.5 Å². The number of esters is 1. The summed E-state index contributed by atoms with van der Waals surface area (Å²) in [6, 6.07) is 7.21. The van der Waals surface area contributed by atoms with Gasteiger partial charge >= 0.3 is 5.97 Å². The Hall–Kier alpha value is -2.30. The number of hydrogen-bond acceptors (Lipinski definition) is 7. The molecule has 236 valence electrons. The Bertz CT molecular complexity index is 1160. The summed E-state index contributed by atoms with van der Waals surface area (Å²) >= 11 is 5.43. The molecule has 10 heteroatoms. The lowest BCUT2D eigenvalue weighted by Gasteiger charge is -2.38. The number of thioether (sulfide) groups is 1. The third kappa shape index (κ3) is 6.57. The number of fused-ring (bicyclic) bond motifs is 1. The molecule has 3 aliphatic rings. The Labute approximate surface area is 269 Å². The fraction of sp³-hybridized carbons (Fsp3) is 0.606. The molecule has 6 atom stereocenters. The summed E-state index contributed by atoms with van der Waals surface area (Å²) in [5.74, 6) is -1.92. The normalized spacial score (nSPS) is 27.2. The first-order valence-electron chi connectivity index (χ1n) is 15.6. The van der Waals surface area contributed by atoms with Crippen LogP contribution in [0.15, 0.2) is 49.6 Å². The molecule has 3 aliphatic heterocycles. The van der Waals surface area contributed by atoms with E-state index in [4.69, 9.17) is 4.74 Å². The Morgan fingerprint density at radius 2 is 1.81 bits per heavy atom. The Morgan fingerprint density at radius 1 is 1.12 bits per heavy atom. The van der Waals surface area contributed by atoms with E-state index in [1.54, 1.807) is 27.6 Å². The maximum absolute atomic E-state index is 14.7. The van der Waals surface area contributed by atoms with E-state index in [2.05, 4.69) is 47.8 Å². The van der Waals surface area contributed by atoms with Gasteiger partial charge in [0, 0.05) is 54.2 Å². The van der Waals surface area contributed by atoms with E-state index in [0.717, 1.165) is 43.7 Å². The maximum Gasteiger partial charge on any atom is 0.310 e. The van der Waals surface area contributed by atoms with Crippen molar-refractivity contribution in [1.29, 1.82) is 0 Å². The summed E-state index contributed by atoms with van der Waals surface area (Å²) < 4.78 is 4.99. The van der Waals surface area contributed by atoms with Crippen molar-refractivity contribution in [3.05, 3.63) is 49.6 Å². The minimum Gasteiger partial charge on any atom is -0.465 e. The van der Waals surface area contributed by atoms with E-state index < -0.39 is 22.6 Å². The number of hydrogen-bond donors (Lipinski definition) is 1. The molecule has 43 heavy (non-hydrogen) atoms. The average molecular weight is 677 g/mol. The molecule has 3 heterocycles. The van der Waals surface area contributed by atoms with Gasteiger partial charge in [-0.25, -0.2) is 0 Å². The first kappa shape index (κ1) is 33.6. The standard InChI is InChI=1S/C33H46BrN3O5S/c1-5-9-10-13-21-42-32(41)26-27-30(39)37(19-11-12-20-38)29(33(27)22-25(34)28(26)43-33)31(40)36(18-6-2)24-16-14-23(15-17-24)35(7-3)8-4/h5-6,14-17,25-29,38H,1-2,7-13,18-22H2,3-4H3/t25?,26-,27-,28-,29?,33?/m0/s1. The van der Waals surface area contributed by atoms with Crippen molar-refractivity contribution in [2.45, 2.75) is 73.2 Å². The molecule has 0 saturated carbocycles. The van der Waals surface area contributed by atoms with Gasteiger partial charge in [-0.2, -0.15) is 0 Å². The van der Waals surface area contributed by atoms with Gasteiger partial charge in [0.1, 0.15) is 6.04 Å². The number of amides is 2. The molecule has 2 amide bonds. The SMILES string of the molecule is C=CCCCCOC(=O)[C@H]1[C@H]2C(=O)N(CCCCO)C(C(=O)N(CC=C)c3ccc(N(CC)CC)cc3)C23CC(Br)[C@@H]1S3. The van der Waals surface area contributed by atoms with Crippen LogP contribution < -0.4 is 9.80 Å². The zero-order valence-electron chi connectivity index (χ0n) is 25.5. The molecule has 4 rings (SSSR count). The molecule has 2 bridgehead atoms. The number of carbonyl (C=O) groups excluding carboxylic acids is 3. The molecule has 1 N–H and O–H groups in total. The quantitative estimate of drug-likeness (QED) is 0.105. The molecule has 1 aromatic carbocycles. The zero-order chi connectivity index (χ0) is 31.1. The molecular weight excluding hydrogens is 630 g/mol. The molecule has 8 nitrogen and oxygen atoms in total. The molecule has 1 spiro atoms. The maximum atomic E-state index is 14.7. The summed E-state index contributed by atoms with van der Waals surface area (Å²) in [5, 5.41) is 9.32. The van der Waals surface area contributed by atoms with Crippen LogP contribution in [0.5, 0.6) is 0 Å². The van der Waals surface area contributed by atoms with Crippen LogP contribution in [-0.2, 0) is 19.1 Å². The van der Waals surface area contributed by atoms with Crippen molar-refractivity contribution in [3.63, 3.8) is 0 Å². The lowest BCUT2D eigenvalue weighted by Crippen LogP contribution is -2.55. The number of rotatable bonds is 17. The van der Waals surface area contributed by atoms with Gasteiger partial charge in [-0.05, 0) is 76.6 Å². The van der Waals surface area contributed by atoms with Crippen molar-refractivity contribution in [2.75, 3.05) is 49.2 Å². The second-order valence-corrected chi connectivity index (χ2v) is 14.2. The summed E-state index contributed by atoms with van der Waals surface area (Å²) in [6.07, 6.45) is 7.74. The van der Waals surface area contributed by atoms with Gasteiger partial charge in [-0.3, -0.25) is 14.4 Å². The molecule has 3 unspecified atom stereocenters. The number of aliphatic hydroxyl groups excluding tert-OH is 1. The van der Waals surface area contributed by atoms with Crippen LogP contribution in [0.2, 0.25) is 0 Å². The van der Waals surface area contributed by atoms with Crippen LogP contribution in [0.4, 0.5) is 11.4 Å². The van der Waals surface area contributed by atoms with Crippen LogP contribution >= 0.6 is 27.7 Å². The minimum atomic E-state index is -0.751. The van der Waals surface area contributed by atoms with Crippen molar-refractivity contribution in [1.82, 2.24) is 4.90 Å². The molecular formula is C33H46BrN3O5S. The van der Waals surface area contributed by atoms with E-state index in [0.29, 0.717) is 39.0 Å². The highest BCUT2D eigenvalue weighted by atomic mass is 79.9. The zero-order valence-corrected chi connectivity index (χ0v) is 27.9. The van der Waals surface area contributed by atoms with E-state index in [1.807, 2.05) is 30.3 Å². The molecule has 0 aromatic heterocycles. The Morgan fingerprint density at radius 3 is 2.44 bits per heavy atom. The number of carbonyl (C=O) groups is 3. The molecule has 3 saturated heterocycles. The number of benzene rings is 1. The Balaban J connectivity index is 1.67. The third-order valence-electron chi connectivity index (χ3n) is 9.02. The monoisotopic (exact) mass is 675 g/mol. The number of halogens is 1. The van der Waals surface area contributed by atoms with Gasteiger partial charge in [0.05, 0.1) is 23.2 Å². The van der Waals surface area contributed by atoms with Crippen LogP contribution in [0.1, 0.15) is 52.4 Å². The summed E-state index contributed by atoms with van der Waals surface area (Å²) in [7, 11) is 0. The number of unbranched alkanes of at least 4 members (excludes halogenated alkanes) is 3. The van der Waals surface area contributed by atoms with Crippen LogP contribution in [0.3, 0.4) is 0 Å². The number of alkyl halides is 1. The fourth-order valence-corrected chi connectivity index (χ4v) is 10.6. The average Bonchev–Trinajstić information content (AvgIpc) is 3.60. The highest BCUT2D eigenvalue weighted by Gasteiger charge is 2.76. The molecule has 0 aliphatic carbocycles. The largest absolute Gasteiger partial charge is 0.465 e. The van der Waals surface area contributed by atoms with E-state index >= 15 is 0 Å². The number of aliphatic hydroxyl groups is 1. The fourth-order valence-electron chi connectivity index (χ4n) is 7.00. The lowest BCUT2D eigenvalue weighted by atomic mass is 9.71. The smallest absolute Gasteiger partial charge is 0.310 e. The predicted octanol–water partition coefficient (Wildman–Crippen LogP) is 5.19. The number of anilines is 2. The van der Waals surface area contributed by atoms with Gasteiger partial charge in [-0.1, -0.05) is 28.1 Å². The third-order valence-corrected chi connectivity index (χ3v) is 12.2. The lowest BCUT2D eigenvalue weighted by molar-refractivity contribution is -0.154. The first-order chi connectivity index (χ1) is 20.8. The summed E-state index contributed by atoms with van der Waals surface area (Å²) in [5.41, 5.74) is 1.82. The second kappa shape index (κ2) is 15.1. The minimum absolute atomic E-state index is 0.0117. The van der Waals surface area contributed by atoms with Crippen molar-refractivity contribution in [2.24, 2.45) is 11.8 Å². The van der Waals surface area contributed by atoms with Crippen molar-refractivity contribution >= 4 is 56.9 Å². The van der Waals surface area contributed by atoms with Gasteiger partial charge in [-0.15, -0.1) is 24.9 Å². The van der Waals surface area contributed by atoms with Crippen molar-refractivity contribution < 1.29 is 24.2 Å². The van der Waals surface area contributed by atoms with E-state index in [1.165, 1.54) is 0 Å². The Kier molecular flexibility index (Phi) is 11.8. The summed E-state index contributed by atoms with van der Waals surface area (Å²) in [4.78, 5) is 48.1.